The molecular weight excluding hydrogens is 475 g/mol. The molecule has 3 heterocycles. The first-order valence-corrected chi connectivity index (χ1v) is 11.7. The summed E-state index contributed by atoms with van der Waals surface area (Å²) in [5.74, 6) is 0.0664. The van der Waals surface area contributed by atoms with Crippen LogP contribution in [0.25, 0.3) is 17.1 Å². The maximum absolute atomic E-state index is 13.1. The van der Waals surface area contributed by atoms with Crippen LogP contribution in [0.15, 0.2) is 48.5 Å². The van der Waals surface area contributed by atoms with Gasteiger partial charge in [-0.2, -0.15) is 15.4 Å². The van der Waals surface area contributed by atoms with Crippen LogP contribution >= 0.6 is 0 Å². The standard InChI is InChI=1S/C25H24F3N5O3/c26-25(27,28)36-20-3-1-2-16(12-20)4-7-23(34)32-10-8-18-14-33(15-19(18)9-11-32)24(35)17-5-6-21-22(13-17)30-31-29-21/h1-7,12-13,18-19H,8-11,14-15H2,(H,29,30,31)/t18-,19+. The normalized spacial score (nSPS) is 20.5. The van der Waals surface area contributed by atoms with Gasteiger partial charge in [0.15, 0.2) is 0 Å². The third-order valence-electron chi connectivity index (χ3n) is 6.79. The number of H-pyrrole nitrogens is 1. The van der Waals surface area contributed by atoms with E-state index in [1.807, 2.05) is 4.90 Å². The van der Waals surface area contributed by atoms with Crippen molar-refractivity contribution in [1.82, 2.24) is 25.2 Å². The van der Waals surface area contributed by atoms with Crippen molar-refractivity contribution in [2.24, 2.45) is 11.8 Å². The predicted octanol–water partition coefficient (Wildman–Crippen LogP) is 3.88. The molecule has 2 atom stereocenters. The van der Waals surface area contributed by atoms with Crippen LogP contribution in [0, 0.1) is 11.8 Å². The molecule has 11 heteroatoms. The van der Waals surface area contributed by atoms with Crippen LogP contribution in [-0.2, 0) is 4.79 Å². The van der Waals surface area contributed by atoms with Gasteiger partial charge in [-0.3, -0.25) is 9.59 Å². The zero-order valence-corrected chi connectivity index (χ0v) is 19.2. The fourth-order valence-corrected chi connectivity index (χ4v) is 4.98. The molecule has 2 saturated heterocycles. The number of likely N-dealkylation sites (tertiary alicyclic amines) is 2. The SMILES string of the molecule is O=C(C=Cc1cccc(OC(F)(F)F)c1)N1CC[C@@H]2CN(C(=O)c3ccc4n[nH]nc4c3)C[C@@H]2CC1. The number of aromatic nitrogens is 3. The van der Waals surface area contributed by atoms with E-state index in [0.717, 1.165) is 12.8 Å². The van der Waals surface area contributed by atoms with Crippen molar-refractivity contribution in [3.8, 4) is 5.75 Å². The summed E-state index contributed by atoms with van der Waals surface area (Å²) < 4.78 is 41.2. The summed E-state index contributed by atoms with van der Waals surface area (Å²) in [7, 11) is 0. The van der Waals surface area contributed by atoms with Crippen LogP contribution in [0.3, 0.4) is 0 Å². The van der Waals surface area contributed by atoms with E-state index in [0.29, 0.717) is 60.2 Å². The lowest BCUT2D eigenvalue weighted by Crippen LogP contribution is -2.33. The van der Waals surface area contributed by atoms with Crippen LogP contribution < -0.4 is 4.74 Å². The lowest BCUT2D eigenvalue weighted by atomic mass is 9.92. The van der Waals surface area contributed by atoms with Gasteiger partial charge in [-0.05, 0) is 66.6 Å². The lowest BCUT2D eigenvalue weighted by Gasteiger charge is -2.21. The van der Waals surface area contributed by atoms with E-state index < -0.39 is 6.36 Å². The van der Waals surface area contributed by atoms with Crippen LogP contribution in [0.1, 0.15) is 28.8 Å². The number of rotatable bonds is 4. The first-order chi connectivity index (χ1) is 17.2. The zero-order valence-electron chi connectivity index (χ0n) is 19.2. The van der Waals surface area contributed by atoms with E-state index >= 15 is 0 Å². The molecule has 5 rings (SSSR count). The van der Waals surface area contributed by atoms with Gasteiger partial charge >= 0.3 is 6.36 Å². The van der Waals surface area contributed by atoms with Crippen molar-refractivity contribution in [2.45, 2.75) is 19.2 Å². The largest absolute Gasteiger partial charge is 0.573 e. The Balaban J connectivity index is 1.17. The number of nitrogens with one attached hydrogen (secondary N) is 1. The van der Waals surface area contributed by atoms with Gasteiger partial charge in [0.25, 0.3) is 5.91 Å². The lowest BCUT2D eigenvalue weighted by molar-refractivity contribution is -0.274. The summed E-state index contributed by atoms with van der Waals surface area (Å²) in [5.41, 5.74) is 2.38. The highest BCUT2D eigenvalue weighted by molar-refractivity contribution is 5.97. The van der Waals surface area contributed by atoms with Gasteiger partial charge in [-0.1, -0.05) is 12.1 Å². The Morgan fingerprint density at radius 3 is 2.42 bits per heavy atom. The van der Waals surface area contributed by atoms with Crippen molar-refractivity contribution in [2.75, 3.05) is 26.2 Å². The summed E-state index contributed by atoms with van der Waals surface area (Å²) in [5, 5.41) is 10.6. The molecule has 1 N–H and O–H groups in total. The first kappa shape index (κ1) is 23.8. The minimum atomic E-state index is -4.77. The van der Waals surface area contributed by atoms with E-state index in [2.05, 4.69) is 20.1 Å². The number of carbonyl (C=O) groups excluding carboxylic acids is 2. The molecule has 36 heavy (non-hydrogen) atoms. The number of carbonyl (C=O) groups is 2. The van der Waals surface area contributed by atoms with Crippen molar-refractivity contribution >= 4 is 28.9 Å². The Hall–Kier alpha value is -3.89. The Bertz CT molecular complexity index is 1290. The number of amides is 2. The van der Waals surface area contributed by atoms with Gasteiger partial charge in [0.2, 0.25) is 5.91 Å². The summed E-state index contributed by atoms with van der Waals surface area (Å²) in [6, 6.07) is 10.8. The number of nitrogens with zero attached hydrogens (tertiary/aromatic N) is 4. The molecule has 0 bridgehead atoms. The van der Waals surface area contributed by atoms with Gasteiger partial charge in [-0.25, -0.2) is 0 Å². The minimum Gasteiger partial charge on any atom is -0.406 e. The molecule has 1 aromatic heterocycles. The number of benzene rings is 2. The average Bonchev–Trinajstić information content (AvgIpc) is 3.43. The number of fused-ring (bicyclic) bond motifs is 2. The molecule has 2 aromatic carbocycles. The summed E-state index contributed by atoms with van der Waals surface area (Å²) in [4.78, 5) is 29.4. The van der Waals surface area contributed by atoms with E-state index in [4.69, 9.17) is 0 Å². The Morgan fingerprint density at radius 1 is 0.972 bits per heavy atom. The minimum absolute atomic E-state index is 0.0272. The van der Waals surface area contributed by atoms with E-state index in [1.54, 1.807) is 29.2 Å². The number of alkyl halides is 3. The van der Waals surface area contributed by atoms with Crippen LogP contribution in [0.4, 0.5) is 13.2 Å². The zero-order chi connectivity index (χ0) is 25.3. The van der Waals surface area contributed by atoms with E-state index in [1.165, 1.54) is 30.4 Å². The quantitative estimate of drug-likeness (QED) is 0.551. The number of hydrogen-bond donors (Lipinski definition) is 1. The topological polar surface area (TPSA) is 91.4 Å². The molecule has 2 aliphatic rings. The average molecular weight is 499 g/mol. The molecule has 2 aliphatic heterocycles. The van der Waals surface area contributed by atoms with Gasteiger partial charge in [-0.15, -0.1) is 13.2 Å². The number of halogens is 3. The molecule has 0 unspecified atom stereocenters. The summed E-state index contributed by atoms with van der Waals surface area (Å²) >= 11 is 0. The fraction of sp³-hybridized carbons (Fsp3) is 0.360. The summed E-state index contributed by atoms with van der Waals surface area (Å²) in [6.45, 7) is 2.41. The Kier molecular flexibility index (Phi) is 6.38. The second kappa shape index (κ2) is 9.63. The smallest absolute Gasteiger partial charge is 0.406 e. The fourth-order valence-electron chi connectivity index (χ4n) is 4.98. The van der Waals surface area contributed by atoms with Gasteiger partial charge < -0.3 is 14.5 Å². The molecule has 3 aromatic rings. The van der Waals surface area contributed by atoms with Gasteiger partial charge in [0.05, 0.1) is 0 Å². The first-order valence-electron chi connectivity index (χ1n) is 11.7. The van der Waals surface area contributed by atoms with Crippen LogP contribution in [0.5, 0.6) is 5.75 Å². The second-order valence-electron chi connectivity index (χ2n) is 9.11. The molecule has 8 nitrogen and oxygen atoms in total. The van der Waals surface area contributed by atoms with E-state index in [-0.39, 0.29) is 17.6 Å². The molecule has 0 saturated carbocycles. The second-order valence-corrected chi connectivity index (χ2v) is 9.11. The highest BCUT2D eigenvalue weighted by Crippen LogP contribution is 2.33. The molecule has 2 amide bonds. The number of aromatic amines is 1. The molecule has 0 spiro atoms. The third kappa shape index (κ3) is 5.34. The molecule has 0 radical (unpaired) electrons. The van der Waals surface area contributed by atoms with E-state index in [9.17, 15) is 22.8 Å². The van der Waals surface area contributed by atoms with Crippen molar-refractivity contribution < 1.29 is 27.5 Å². The van der Waals surface area contributed by atoms with Crippen LogP contribution in [-0.4, -0.2) is 69.6 Å². The highest BCUT2D eigenvalue weighted by atomic mass is 19.4. The predicted molar refractivity (Wildman–Crippen MR) is 125 cm³/mol. The van der Waals surface area contributed by atoms with Crippen LogP contribution in [0.2, 0.25) is 0 Å². The van der Waals surface area contributed by atoms with Crippen molar-refractivity contribution in [3.63, 3.8) is 0 Å². The molecular formula is C25H24F3N5O3. The Labute approximate surface area is 204 Å². The van der Waals surface area contributed by atoms with Crippen molar-refractivity contribution in [1.29, 1.82) is 0 Å². The molecule has 188 valence electrons. The number of hydrogen-bond acceptors (Lipinski definition) is 5. The molecule has 0 aliphatic carbocycles. The maximum atomic E-state index is 13.1. The maximum Gasteiger partial charge on any atom is 0.573 e. The van der Waals surface area contributed by atoms with Gasteiger partial charge in [0.1, 0.15) is 16.8 Å². The number of ether oxygens (including phenoxy) is 1. The molecule has 2 fully saturated rings. The summed E-state index contributed by atoms with van der Waals surface area (Å²) in [6.07, 6.45) is -0.337. The highest BCUT2D eigenvalue weighted by Gasteiger charge is 2.37. The van der Waals surface area contributed by atoms with Gasteiger partial charge in [0, 0.05) is 37.8 Å². The van der Waals surface area contributed by atoms with Crippen molar-refractivity contribution in [3.05, 3.63) is 59.7 Å². The monoisotopic (exact) mass is 499 g/mol. The Morgan fingerprint density at radius 2 is 1.69 bits per heavy atom. The third-order valence-corrected chi connectivity index (χ3v) is 6.79.